The molecule has 1 aliphatic rings. The van der Waals surface area contributed by atoms with E-state index in [1.807, 2.05) is 4.90 Å². The first kappa shape index (κ1) is 17.0. The van der Waals surface area contributed by atoms with E-state index in [0.717, 1.165) is 25.9 Å². The number of carbonyl (C=O) groups excluding carboxylic acids is 1. The van der Waals surface area contributed by atoms with Crippen molar-refractivity contribution < 1.29 is 14.7 Å². The minimum Gasteiger partial charge on any atom is -0.481 e. The predicted molar refractivity (Wildman–Crippen MR) is 78.5 cm³/mol. The highest BCUT2D eigenvalue weighted by molar-refractivity contribution is 5.76. The Morgan fingerprint density at radius 3 is 2.60 bits per heavy atom. The van der Waals surface area contributed by atoms with E-state index in [0.29, 0.717) is 25.3 Å². The number of carboxylic acids is 1. The maximum atomic E-state index is 12.1. The molecule has 1 heterocycles. The fraction of sp³-hybridized carbons (Fsp3) is 0.867. The zero-order chi connectivity index (χ0) is 15.2. The van der Waals surface area contributed by atoms with Crippen molar-refractivity contribution in [3.8, 4) is 0 Å². The first-order valence-corrected chi connectivity index (χ1v) is 7.52. The lowest BCUT2D eigenvalue weighted by Crippen LogP contribution is -2.43. The molecule has 5 heteroatoms. The van der Waals surface area contributed by atoms with E-state index < -0.39 is 5.97 Å². The fourth-order valence-corrected chi connectivity index (χ4v) is 2.56. The van der Waals surface area contributed by atoms with Crippen molar-refractivity contribution in [3.63, 3.8) is 0 Å². The third-order valence-corrected chi connectivity index (χ3v) is 3.63. The molecule has 0 radical (unpaired) electrons. The summed E-state index contributed by atoms with van der Waals surface area (Å²) in [6, 6.07) is 0. The molecular formula is C15H28N2O3. The number of piperidine rings is 1. The molecule has 20 heavy (non-hydrogen) atoms. The topological polar surface area (TPSA) is 69.6 Å². The van der Waals surface area contributed by atoms with Crippen molar-refractivity contribution in [2.45, 2.75) is 58.4 Å². The molecule has 1 fully saturated rings. The average molecular weight is 284 g/mol. The van der Waals surface area contributed by atoms with Crippen LogP contribution in [-0.4, -0.2) is 47.1 Å². The van der Waals surface area contributed by atoms with Gasteiger partial charge in [-0.15, -0.1) is 0 Å². The summed E-state index contributed by atoms with van der Waals surface area (Å²) in [5.74, 6) is -0.219. The fourth-order valence-electron chi connectivity index (χ4n) is 2.56. The summed E-state index contributed by atoms with van der Waals surface area (Å²) in [5, 5.41) is 12.0. The second-order valence-electron chi connectivity index (χ2n) is 6.71. The number of nitrogens with one attached hydrogen (secondary N) is 1. The Bertz CT molecular complexity index is 337. The van der Waals surface area contributed by atoms with Crippen LogP contribution in [0.3, 0.4) is 0 Å². The van der Waals surface area contributed by atoms with E-state index in [-0.39, 0.29) is 17.9 Å². The SMILES string of the molecule is CC(C)(C)NCCC(=O)N1CCCC(CCC(=O)O)C1. The summed E-state index contributed by atoms with van der Waals surface area (Å²) >= 11 is 0. The molecule has 1 atom stereocenters. The summed E-state index contributed by atoms with van der Waals surface area (Å²) in [7, 11) is 0. The molecule has 0 aromatic rings. The normalized spacial score (nSPS) is 19.9. The minimum atomic E-state index is -0.747. The smallest absolute Gasteiger partial charge is 0.303 e. The van der Waals surface area contributed by atoms with Crippen molar-refractivity contribution in [2.75, 3.05) is 19.6 Å². The van der Waals surface area contributed by atoms with E-state index in [9.17, 15) is 9.59 Å². The van der Waals surface area contributed by atoms with Gasteiger partial charge in [0.05, 0.1) is 0 Å². The van der Waals surface area contributed by atoms with Crippen LogP contribution in [0.1, 0.15) is 52.9 Å². The van der Waals surface area contributed by atoms with Gasteiger partial charge in [0.2, 0.25) is 5.91 Å². The lowest BCUT2D eigenvalue weighted by Gasteiger charge is -2.33. The summed E-state index contributed by atoms with van der Waals surface area (Å²) in [5.41, 5.74) is 0.0339. The van der Waals surface area contributed by atoms with Crippen molar-refractivity contribution in [1.29, 1.82) is 0 Å². The second-order valence-corrected chi connectivity index (χ2v) is 6.71. The molecular weight excluding hydrogens is 256 g/mol. The summed E-state index contributed by atoms with van der Waals surface area (Å²) in [6.07, 6.45) is 3.43. The van der Waals surface area contributed by atoms with Gasteiger partial charge in [0.15, 0.2) is 0 Å². The zero-order valence-electron chi connectivity index (χ0n) is 12.9. The van der Waals surface area contributed by atoms with Crippen LogP contribution in [0.25, 0.3) is 0 Å². The molecule has 1 aliphatic heterocycles. The van der Waals surface area contributed by atoms with Gasteiger partial charge in [-0.25, -0.2) is 0 Å². The van der Waals surface area contributed by atoms with Gasteiger partial charge in [0.1, 0.15) is 0 Å². The van der Waals surface area contributed by atoms with Crippen molar-refractivity contribution in [3.05, 3.63) is 0 Å². The maximum Gasteiger partial charge on any atom is 0.303 e. The molecule has 1 saturated heterocycles. The first-order chi connectivity index (χ1) is 9.28. The van der Waals surface area contributed by atoms with Crippen molar-refractivity contribution in [2.24, 2.45) is 5.92 Å². The number of aliphatic carboxylic acids is 1. The number of nitrogens with zero attached hydrogens (tertiary/aromatic N) is 1. The monoisotopic (exact) mass is 284 g/mol. The van der Waals surface area contributed by atoms with E-state index in [2.05, 4.69) is 26.1 Å². The molecule has 2 N–H and O–H groups in total. The van der Waals surface area contributed by atoms with Crippen LogP contribution < -0.4 is 5.32 Å². The average Bonchev–Trinajstić information content (AvgIpc) is 2.35. The Morgan fingerprint density at radius 2 is 2.00 bits per heavy atom. The van der Waals surface area contributed by atoms with Gasteiger partial charge in [-0.2, -0.15) is 0 Å². The zero-order valence-corrected chi connectivity index (χ0v) is 12.9. The van der Waals surface area contributed by atoms with Crippen LogP contribution in [0, 0.1) is 5.92 Å². The maximum absolute atomic E-state index is 12.1. The van der Waals surface area contributed by atoms with E-state index in [4.69, 9.17) is 5.11 Å². The number of amides is 1. The number of hydrogen-bond acceptors (Lipinski definition) is 3. The van der Waals surface area contributed by atoms with Crippen LogP contribution in [0.5, 0.6) is 0 Å². The minimum absolute atomic E-state index is 0.0339. The Kier molecular flexibility index (Phi) is 6.46. The lowest BCUT2D eigenvalue weighted by atomic mass is 9.93. The van der Waals surface area contributed by atoms with Gasteiger partial charge >= 0.3 is 5.97 Å². The standard InChI is InChI=1S/C15H28N2O3/c1-15(2,3)16-9-8-13(18)17-10-4-5-12(11-17)6-7-14(19)20/h12,16H,4-11H2,1-3H3,(H,19,20). The highest BCUT2D eigenvalue weighted by Gasteiger charge is 2.23. The van der Waals surface area contributed by atoms with Crippen molar-refractivity contribution >= 4 is 11.9 Å². The number of carbonyl (C=O) groups is 2. The Morgan fingerprint density at radius 1 is 1.30 bits per heavy atom. The summed E-state index contributed by atoms with van der Waals surface area (Å²) < 4.78 is 0. The Balaban J connectivity index is 2.31. The quantitative estimate of drug-likeness (QED) is 0.781. The number of likely N-dealkylation sites (tertiary alicyclic amines) is 1. The van der Waals surface area contributed by atoms with Crippen LogP contribution in [0.2, 0.25) is 0 Å². The van der Waals surface area contributed by atoms with Gasteiger partial charge in [-0.05, 0) is 46.0 Å². The van der Waals surface area contributed by atoms with Crippen LogP contribution >= 0.6 is 0 Å². The van der Waals surface area contributed by atoms with Gasteiger partial charge in [-0.3, -0.25) is 9.59 Å². The molecule has 1 rings (SSSR count). The second kappa shape index (κ2) is 7.62. The Labute approximate surface area is 121 Å². The third-order valence-electron chi connectivity index (χ3n) is 3.63. The third kappa shape index (κ3) is 6.89. The molecule has 0 spiro atoms. The molecule has 1 amide bonds. The predicted octanol–water partition coefficient (Wildman–Crippen LogP) is 1.87. The molecule has 0 saturated carbocycles. The molecule has 5 nitrogen and oxygen atoms in total. The molecule has 116 valence electrons. The summed E-state index contributed by atoms with van der Waals surface area (Å²) in [4.78, 5) is 24.6. The lowest BCUT2D eigenvalue weighted by molar-refractivity contribution is -0.137. The largest absolute Gasteiger partial charge is 0.481 e. The molecule has 0 aromatic carbocycles. The highest BCUT2D eigenvalue weighted by Crippen LogP contribution is 2.21. The number of hydrogen-bond donors (Lipinski definition) is 2. The van der Waals surface area contributed by atoms with E-state index in [1.165, 1.54) is 0 Å². The first-order valence-electron chi connectivity index (χ1n) is 7.52. The van der Waals surface area contributed by atoms with Gasteiger partial charge in [0.25, 0.3) is 0 Å². The van der Waals surface area contributed by atoms with Crippen molar-refractivity contribution in [1.82, 2.24) is 10.2 Å². The number of rotatable bonds is 6. The van der Waals surface area contributed by atoms with E-state index >= 15 is 0 Å². The van der Waals surface area contributed by atoms with Gasteiger partial charge in [-0.1, -0.05) is 0 Å². The molecule has 0 aromatic heterocycles. The summed E-state index contributed by atoms with van der Waals surface area (Å²) in [6.45, 7) is 8.49. The van der Waals surface area contributed by atoms with Gasteiger partial charge < -0.3 is 15.3 Å². The molecule has 1 unspecified atom stereocenters. The number of carboxylic acid groups (broad SMARTS) is 1. The van der Waals surface area contributed by atoms with Crippen LogP contribution in [0.15, 0.2) is 0 Å². The van der Waals surface area contributed by atoms with E-state index in [1.54, 1.807) is 0 Å². The van der Waals surface area contributed by atoms with Crippen LogP contribution in [0.4, 0.5) is 0 Å². The molecule has 0 bridgehead atoms. The Hall–Kier alpha value is -1.10. The van der Waals surface area contributed by atoms with Crippen LogP contribution in [-0.2, 0) is 9.59 Å². The molecule has 0 aliphatic carbocycles. The van der Waals surface area contributed by atoms with Gasteiger partial charge in [0, 0.05) is 38.0 Å². The highest BCUT2D eigenvalue weighted by atomic mass is 16.4.